The Hall–Kier alpha value is -3.09. The van der Waals surface area contributed by atoms with E-state index in [1.807, 2.05) is 65.6 Å². The van der Waals surface area contributed by atoms with E-state index in [2.05, 4.69) is 22.6 Å². The Labute approximate surface area is 242 Å². The molecular formula is C30H27F4IN4O. The standard InChI is InChI=1S/C30H27F4IN4O/c31-25-13-23(30(32,33)34)12-11-21(25)16-38-17-22(15-36)27-24(18-38)29(40)39(26(14-35)37-27)28(19-7-3-1-4-8-19)20-9-5-2-6-10-20/h1-13,22,28H,14-18,36H2. The van der Waals surface area contributed by atoms with Crippen molar-refractivity contribution >= 4 is 22.6 Å². The highest BCUT2D eigenvalue weighted by Crippen LogP contribution is 2.33. The molecule has 1 aliphatic heterocycles. The van der Waals surface area contributed by atoms with Crippen LogP contribution in [-0.4, -0.2) is 27.5 Å². The van der Waals surface area contributed by atoms with E-state index in [9.17, 15) is 22.4 Å². The van der Waals surface area contributed by atoms with Gasteiger partial charge >= 0.3 is 6.18 Å². The fourth-order valence-electron chi connectivity index (χ4n) is 5.33. The van der Waals surface area contributed by atoms with Crippen molar-refractivity contribution in [2.24, 2.45) is 5.73 Å². The zero-order valence-electron chi connectivity index (χ0n) is 21.4. The second-order valence-corrected chi connectivity index (χ2v) is 10.6. The third-order valence-electron chi connectivity index (χ3n) is 7.23. The summed E-state index contributed by atoms with van der Waals surface area (Å²) in [4.78, 5) is 21.1. The van der Waals surface area contributed by atoms with Crippen LogP contribution >= 0.6 is 22.6 Å². The molecule has 0 bridgehead atoms. The predicted octanol–water partition coefficient (Wildman–Crippen LogP) is 6.03. The summed E-state index contributed by atoms with van der Waals surface area (Å²) in [6.45, 7) is 0.836. The van der Waals surface area contributed by atoms with Gasteiger partial charge in [-0.25, -0.2) is 9.37 Å². The number of benzene rings is 3. The van der Waals surface area contributed by atoms with E-state index >= 15 is 0 Å². The van der Waals surface area contributed by atoms with Crippen LogP contribution in [-0.2, 0) is 23.7 Å². The number of hydrogen-bond acceptors (Lipinski definition) is 4. The summed E-state index contributed by atoms with van der Waals surface area (Å²) in [5.41, 5.74) is 7.96. The molecule has 40 heavy (non-hydrogen) atoms. The molecule has 10 heteroatoms. The van der Waals surface area contributed by atoms with Gasteiger partial charge in [0.25, 0.3) is 5.56 Å². The SMILES string of the molecule is NCC1CN(Cc2ccc(C(F)(F)F)cc2F)Cc2c1nc(CI)n(C(c1ccccc1)c1ccccc1)c2=O. The molecule has 208 valence electrons. The van der Waals surface area contributed by atoms with Crippen LogP contribution in [0.2, 0.25) is 0 Å². The molecule has 2 N–H and O–H groups in total. The third kappa shape index (κ3) is 5.70. The summed E-state index contributed by atoms with van der Waals surface area (Å²) in [5.74, 6) is -0.589. The monoisotopic (exact) mass is 662 g/mol. The summed E-state index contributed by atoms with van der Waals surface area (Å²) < 4.78 is 56.0. The normalized spacial score (nSPS) is 15.8. The van der Waals surface area contributed by atoms with Crippen molar-refractivity contribution < 1.29 is 17.6 Å². The van der Waals surface area contributed by atoms with Crippen molar-refractivity contribution in [1.82, 2.24) is 14.5 Å². The van der Waals surface area contributed by atoms with Crippen LogP contribution in [0.4, 0.5) is 17.6 Å². The Kier molecular flexibility index (Phi) is 8.39. The molecule has 1 aliphatic rings. The zero-order valence-corrected chi connectivity index (χ0v) is 23.6. The molecule has 3 aromatic carbocycles. The van der Waals surface area contributed by atoms with Gasteiger partial charge in [-0.1, -0.05) is 89.3 Å². The van der Waals surface area contributed by atoms with E-state index < -0.39 is 23.6 Å². The van der Waals surface area contributed by atoms with Gasteiger partial charge in [-0.2, -0.15) is 13.2 Å². The van der Waals surface area contributed by atoms with Gasteiger partial charge in [-0.05, 0) is 23.3 Å². The van der Waals surface area contributed by atoms with Gasteiger partial charge in [0.15, 0.2) is 0 Å². The zero-order chi connectivity index (χ0) is 28.4. The lowest BCUT2D eigenvalue weighted by molar-refractivity contribution is -0.137. The minimum Gasteiger partial charge on any atom is -0.330 e. The molecule has 0 saturated carbocycles. The maximum atomic E-state index is 14.7. The van der Waals surface area contributed by atoms with Crippen LogP contribution in [0.1, 0.15) is 51.3 Å². The third-order valence-corrected chi connectivity index (χ3v) is 7.91. The Morgan fingerprint density at radius 3 is 2.15 bits per heavy atom. The van der Waals surface area contributed by atoms with E-state index in [0.717, 1.165) is 23.3 Å². The Morgan fingerprint density at radius 1 is 1.00 bits per heavy atom. The first-order valence-corrected chi connectivity index (χ1v) is 14.3. The molecule has 5 nitrogen and oxygen atoms in total. The van der Waals surface area contributed by atoms with Gasteiger partial charge < -0.3 is 5.73 Å². The topological polar surface area (TPSA) is 64.2 Å². The van der Waals surface area contributed by atoms with Crippen LogP contribution in [0, 0.1) is 5.82 Å². The Morgan fingerprint density at radius 2 is 1.62 bits per heavy atom. The van der Waals surface area contributed by atoms with Gasteiger partial charge in [-0.3, -0.25) is 14.3 Å². The average molecular weight is 662 g/mol. The molecule has 2 heterocycles. The first kappa shape index (κ1) is 28.4. The van der Waals surface area contributed by atoms with Gasteiger partial charge in [0.05, 0.1) is 27.3 Å². The molecular weight excluding hydrogens is 635 g/mol. The first-order valence-electron chi connectivity index (χ1n) is 12.8. The number of nitrogens with two attached hydrogens (primary N) is 1. The van der Waals surface area contributed by atoms with Crippen LogP contribution < -0.4 is 11.3 Å². The summed E-state index contributed by atoms with van der Waals surface area (Å²) in [5, 5.41) is 0. The summed E-state index contributed by atoms with van der Waals surface area (Å²) in [6, 6.07) is 21.6. The number of rotatable bonds is 7. The Balaban J connectivity index is 1.59. The lowest BCUT2D eigenvalue weighted by Crippen LogP contribution is -2.43. The van der Waals surface area contributed by atoms with Crippen molar-refractivity contribution in [3.63, 3.8) is 0 Å². The molecule has 0 aliphatic carbocycles. The molecule has 0 fully saturated rings. The molecule has 1 aromatic heterocycles. The molecule has 1 unspecified atom stereocenters. The van der Waals surface area contributed by atoms with Gasteiger partial charge in [0.1, 0.15) is 11.6 Å². The molecule has 0 amide bonds. The van der Waals surface area contributed by atoms with Crippen LogP contribution in [0.5, 0.6) is 0 Å². The van der Waals surface area contributed by atoms with Crippen LogP contribution in [0.25, 0.3) is 0 Å². The summed E-state index contributed by atoms with van der Waals surface area (Å²) in [7, 11) is 0. The Bertz CT molecular complexity index is 1500. The second kappa shape index (κ2) is 11.8. The summed E-state index contributed by atoms with van der Waals surface area (Å²) in [6.07, 6.45) is -4.63. The molecule has 0 radical (unpaired) electrons. The quantitative estimate of drug-likeness (QED) is 0.149. The number of fused-ring (bicyclic) bond motifs is 1. The highest BCUT2D eigenvalue weighted by molar-refractivity contribution is 14.1. The number of aromatic nitrogens is 2. The van der Waals surface area contributed by atoms with Gasteiger partial charge in [-0.15, -0.1) is 0 Å². The van der Waals surface area contributed by atoms with E-state index in [-0.39, 0.29) is 36.7 Å². The van der Waals surface area contributed by atoms with Gasteiger partial charge in [0.2, 0.25) is 0 Å². The summed E-state index contributed by atoms with van der Waals surface area (Å²) >= 11 is 2.21. The average Bonchev–Trinajstić information content (AvgIpc) is 2.95. The maximum absolute atomic E-state index is 14.7. The van der Waals surface area contributed by atoms with Crippen molar-refractivity contribution in [1.29, 1.82) is 0 Å². The molecule has 4 aromatic rings. The number of alkyl halides is 4. The largest absolute Gasteiger partial charge is 0.416 e. The minimum absolute atomic E-state index is 0.0359. The van der Waals surface area contributed by atoms with Crippen molar-refractivity contribution in [3.05, 3.63) is 134 Å². The minimum atomic E-state index is -4.63. The van der Waals surface area contributed by atoms with E-state index in [1.54, 1.807) is 4.57 Å². The second-order valence-electron chi connectivity index (χ2n) is 9.83. The molecule has 0 spiro atoms. The van der Waals surface area contributed by atoms with Gasteiger partial charge in [0, 0.05) is 37.7 Å². The number of halogens is 5. The lowest BCUT2D eigenvalue weighted by Gasteiger charge is -2.35. The van der Waals surface area contributed by atoms with Crippen molar-refractivity contribution in [2.45, 2.75) is 35.7 Å². The van der Waals surface area contributed by atoms with E-state index in [1.165, 1.54) is 0 Å². The fraction of sp³-hybridized carbons (Fsp3) is 0.267. The molecule has 1 atom stereocenters. The number of hydrogen-bond donors (Lipinski definition) is 1. The highest BCUT2D eigenvalue weighted by Gasteiger charge is 2.34. The highest BCUT2D eigenvalue weighted by atomic mass is 127. The lowest BCUT2D eigenvalue weighted by atomic mass is 9.93. The first-order chi connectivity index (χ1) is 19.2. The molecule has 0 saturated heterocycles. The van der Waals surface area contributed by atoms with E-state index in [4.69, 9.17) is 10.7 Å². The van der Waals surface area contributed by atoms with Crippen molar-refractivity contribution in [2.75, 3.05) is 13.1 Å². The maximum Gasteiger partial charge on any atom is 0.416 e. The smallest absolute Gasteiger partial charge is 0.330 e. The fourth-order valence-corrected chi connectivity index (χ4v) is 5.86. The predicted molar refractivity (Wildman–Crippen MR) is 154 cm³/mol. The van der Waals surface area contributed by atoms with E-state index in [0.29, 0.717) is 34.1 Å². The van der Waals surface area contributed by atoms with Crippen LogP contribution in [0.15, 0.2) is 83.7 Å². The number of nitrogens with zero attached hydrogens (tertiary/aromatic N) is 3. The van der Waals surface area contributed by atoms with Crippen LogP contribution in [0.3, 0.4) is 0 Å². The van der Waals surface area contributed by atoms with Crippen molar-refractivity contribution in [3.8, 4) is 0 Å². The molecule has 5 rings (SSSR count).